The molecular weight excluding hydrogens is 188 g/mol. The first-order valence-corrected chi connectivity index (χ1v) is 3.98. The van der Waals surface area contributed by atoms with Gasteiger partial charge >= 0.3 is 6.03 Å². The number of urea groups is 1. The van der Waals surface area contributed by atoms with Crippen molar-refractivity contribution < 1.29 is 9.53 Å². The molecule has 0 aliphatic rings. The van der Waals surface area contributed by atoms with E-state index in [0.717, 1.165) is 4.31 Å². The first kappa shape index (κ1) is 9.73. The van der Waals surface area contributed by atoms with E-state index in [1.54, 1.807) is 24.3 Å². The Labute approximate surface area is 81.8 Å². The summed E-state index contributed by atoms with van der Waals surface area (Å²) in [5.41, 5.74) is 5.58. The van der Waals surface area contributed by atoms with Crippen LogP contribution in [0.3, 0.4) is 0 Å². The van der Waals surface area contributed by atoms with Crippen LogP contribution < -0.4 is 14.8 Å². The van der Waals surface area contributed by atoms with Gasteiger partial charge in [0.25, 0.3) is 0 Å². The molecule has 1 rings (SSSR count). The maximum Gasteiger partial charge on any atom is 0.329 e. The molecule has 0 heterocycles. The number of nitrogens with two attached hydrogens (primary N) is 1. The van der Waals surface area contributed by atoms with E-state index >= 15 is 0 Å². The average Bonchev–Trinajstić information content (AvgIpc) is 2.16. The summed E-state index contributed by atoms with van der Waals surface area (Å²) < 4.78 is 6.04. The maximum atomic E-state index is 10.8. The highest BCUT2D eigenvalue weighted by Gasteiger charge is 2.11. The molecule has 0 aromatic heterocycles. The van der Waals surface area contributed by atoms with Gasteiger partial charge in [-0.25, -0.2) is 9.10 Å². The number of nitrogens with zero attached hydrogens (tertiary/aromatic N) is 1. The van der Waals surface area contributed by atoms with Crippen molar-refractivity contribution in [2.75, 3.05) is 11.4 Å². The molecule has 1 aromatic rings. The SMILES string of the molecule is COc1ccccc1N(S)C(N)=O. The Balaban J connectivity index is 3.05. The van der Waals surface area contributed by atoms with Crippen molar-refractivity contribution in [3.63, 3.8) is 0 Å². The Morgan fingerprint density at radius 1 is 1.54 bits per heavy atom. The van der Waals surface area contributed by atoms with Crippen molar-refractivity contribution in [2.24, 2.45) is 5.73 Å². The molecule has 0 fully saturated rings. The minimum atomic E-state index is -0.646. The van der Waals surface area contributed by atoms with Gasteiger partial charge in [0, 0.05) is 0 Å². The number of primary amides is 1. The van der Waals surface area contributed by atoms with Gasteiger partial charge in [-0.2, -0.15) is 0 Å². The van der Waals surface area contributed by atoms with E-state index < -0.39 is 6.03 Å². The van der Waals surface area contributed by atoms with Crippen LogP contribution in [0.2, 0.25) is 0 Å². The Morgan fingerprint density at radius 2 is 2.15 bits per heavy atom. The lowest BCUT2D eigenvalue weighted by Crippen LogP contribution is -2.27. The van der Waals surface area contributed by atoms with Crippen LogP contribution in [0.4, 0.5) is 10.5 Å². The van der Waals surface area contributed by atoms with Gasteiger partial charge in [0.05, 0.1) is 12.8 Å². The van der Waals surface area contributed by atoms with E-state index in [0.29, 0.717) is 11.4 Å². The number of anilines is 1. The van der Waals surface area contributed by atoms with E-state index in [4.69, 9.17) is 10.5 Å². The molecule has 0 saturated carbocycles. The summed E-state index contributed by atoms with van der Waals surface area (Å²) in [5.74, 6) is 0.552. The van der Waals surface area contributed by atoms with Gasteiger partial charge in [0.1, 0.15) is 5.75 Å². The zero-order valence-electron chi connectivity index (χ0n) is 7.10. The summed E-state index contributed by atoms with van der Waals surface area (Å²) >= 11 is 3.92. The summed E-state index contributed by atoms with van der Waals surface area (Å²) in [6.45, 7) is 0. The van der Waals surface area contributed by atoms with Gasteiger partial charge in [-0.3, -0.25) is 0 Å². The molecule has 0 radical (unpaired) electrons. The standard InChI is InChI=1S/C8H10N2O2S/c1-12-7-5-3-2-4-6(7)10(13)8(9)11/h2-5,13H,1H3,(H2,9,11). The van der Waals surface area contributed by atoms with Crippen LogP contribution in [-0.4, -0.2) is 13.1 Å². The molecule has 1 aromatic carbocycles. The van der Waals surface area contributed by atoms with E-state index in [1.165, 1.54) is 7.11 Å². The molecule has 0 aliphatic carbocycles. The summed E-state index contributed by atoms with van der Waals surface area (Å²) in [7, 11) is 1.52. The first-order valence-electron chi connectivity index (χ1n) is 3.58. The number of thiol groups is 1. The number of rotatable bonds is 2. The van der Waals surface area contributed by atoms with Gasteiger partial charge in [0.15, 0.2) is 0 Å². The van der Waals surface area contributed by atoms with Crippen molar-refractivity contribution in [1.29, 1.82) is 0 Å². The van der Waals surface area contributed by atoms with Gasteiger partial charge in [-0.1, -0.05) is 24.9 Å². The number of amides is 2. The molecule has 70 valence electrons. The summed E-state index contributed by atoms with van der Waals surface area (Å²) in [6, 6.07) is 6.33. The number of benzene rings is 1. The number of ether oxygens (including phenoxy) is 1. The molecular formula is C8H10N2O2S. The van der Waals surface area contributed by atoms with Gasteiger partial charge in [0.2, 0.25) is 0 Å². The van der Waals surface area contributed by atoms with Gasteiger partial charge < -0.3 is 10.5 Å². The second-order valence-electron chi connectivity index (χ2n) is 2.32. The second kappa shape index (κ2) is 4.04. The van der Waals surface area contributed by atoms with Crippen molar-refractivity contribution in [3.8, 4) is 5.75 Å². The van der Waals surface area contributed by atoms with Crippen LogP contribution in [0.15, 0.2) is 24.3 Å². The molecule has 0 aliphatic heterocycles. The Hall–Kier alpha value is -1.36. The molecule has 4 nitrogen and oxygen atoms in total. The highest BCUT2D eigenvalue weighted by atomic mass is 32.1. The fourth-order valence-electron chi connectivity index (χ4n) is 0.923. The number of carbonyl (C=O) groups excluding carboxylic acids is 1. The van der Waals surface area contributed by atoms with E-state index in [2.05, 4.69) is 12.8 Å². The van der Waals surface area contributed by atoms with Crippen LogP contribution in [0, 0.1) is 0 Å². The molecule has 2 amide bonds. The van der Waals surface area contributed by atoms with Crippen molar-refractivity contribution in [2.45, 2.75) is 0 Å². The highest BCUT2D eigenvalue weighted by molar-refractivity contribution is 7.82. The quantitative estimate of drug-likeness (QED) is 0.706. The normalized spacial score (nSPS) is 9.38. The van der Waals surface area contributed by atoms with E-state index in [9.17, 15) is 4.79 Å². The topological polar surface area (TPSA) is 55.6 Å². The molecule has 0 saturated heterocycles. The third-order valence-electron chi connectivity index (χ3n) is 1.52. The lowest BCUT2D eigenvalue weighted by Gasteiger charge is -2.15. The van der Waals surface area contributed by atoms with Gasteiger partial charge in [-0.15, -0.1) is 0 Å². The number of hydrogen-bond donors (Lipinski definition) is 2. The molecule has 0 unspecified atom stereocenters. The van der Waals surface area contributed by atoms with Crippen LogP contribution in [0.1, 0.15) is 0 Å². The van der Waals surface area contributed by atoms with E-state index in [1.807, 2.05) is 0 Å². The predicted octanol–water partition coefficient (Wildman–Crippen LogP) is 1.43. The molecule has 0 atom stereocenters. The molecule has 0 bridgehead atoms. The van der Waals surface area contributed by atoms with Crippen molar-refractivity contribution in [3.05, 3.63) is 24.3 Å². The number of hydrogen-bond acceptors (Lipinski definition) is 3. The third-order valence-corrected chi connectivity index (χ3v) is 1.93. The van der Waals surface area contributed by atoms with Crippen molar-refractivity contribution in [1.82, 2.24) is 0 Å². The molecule has 5 heteroatoms. The van der Waals surface area contributed by atoms with Crippen LogP contribution in [0.25, 0.3) is 0 Å². The average molecular weight is 198 g/mol. The molecule has 2 N–H and O–H groups in total. The largest absolute Gasteiger partial charge is 0.495 e. The second-order valence-corrected chi connectivity index (χ2v) is 2.72. The van der Waals surface area contributed by atoms with Crippen molar-refractivity contribution >= 4 is 24.5 Å². The zero-order chi connectivity index (χ0) is 9.84. The Morgan fingerprint density at radius 3 is 2.69 bits per heavy atom. The molecule has 0 spiro atoms. The fourth-order valence-corrected chi connectivity index (χ4v) is 1.09. The molecule has 13 heavy (non-hydrogen) atoms. The van der Waals surface area contributed by atoms with Crippen LogP contribution in [0.5, 0.6) is 5.75 Å². The summed E-state index contributed by atoms with van der Waals surface area (Å²) in [4.78, 5) is 10.8. The Bertz CT molecular complexity index is 317. The predicted molar refractivity (Wildman–Crippen MR) is 54.0 cm³/mol. The lowest BCUT2D eigenvalue weighted by molar-refractivity contribution is 0.257. The smallest absolute Gasteiger partial charge is 0.329 e. The summed E-state index contributed by atoms with van der Waals surface area (Å²) in [5, 5.41) is 0. The minimum absolute atomic E-state index is 0.529. The number of methoxy groups -OCH3 is 1. The number of para-hydroxylation sites is 2. The first-order chi connectivity index (χ1) is 6.16. The van der Waals surface area contributed by atoms with Crippen LogP contribution in [-0.2, 0) is 0 Å². The lowest BCUT2D eigenvalue weighted by atomic mass is 10.3. The third kappa shape index (κ3) is 2.06. The summed E-state index contributed by atoms with van der Waals surface area (Å²) in [6.07, 6.45) is 0. The Kier molecular flexibility index (Phi) is 3.02. The highest BCUT2D eigenvalue weighted by Crippen LogP contribution is 2.28. The van der Waals surface area contributed by atoms with Gasteiger partial charge in [-0.05, 0) is 12.1 Å². The maximum absolute atomic E-state index is 10.8. The number of carbonyl (C=O) groups is 1. The van der Waals surface area contributed by atoms with E-state index in [-0.39, 0.29) is 0 Å². The minimum Gasteiger partial charge on any atom is -0.495 e. The van der Waals surface area contributed by atoms with Crippen LogP contribution >= 0.6 is 12.8 Å². The fraction of sp³-hybridized carbons (Fsp3) is 0.125. The monoisotopic (exact) mass is 198 g/mol. The zero-order valence-corrected chi connectivity index (χ0v) is 7.99.